The van der Waals surface area contributed by atoms with Crippen LogP contribution in [0.4, 0.5) is 4.39 Å². The third-order valence-corrected chi connectivity index (χ3v) is 6.61. The second kappa shape index (κ2) is 9.97. The zero-order valence-electron chi connectivity index (χ0n) is 20.8. The zero-order valence-corrected chi connectivity index (χ0v) is 20.8. The van der Waals surface area contributed by atoms with Crippen LogP contribution in [-0.2, 0) is 6.54 Å². The number of hydrogen-bond acceptors (Lipinski definition) is 3. The van der Waals surface area contributed by atoms with Crippen molar-refractivity contribution in [1.29, 1.82) is 0 Å². The van der Waals surface area contributed by atoms with Gasteiger partial charge in [-0.15, -0.1) is 0 Å². The summed E-state index contributed by atoms with van der Waals surface area (Å²) in [5.41, 5.74) is 6.06. The van der Waals surface area contributed by atoms with Crippen molar-refractivity contribution in [2.75, 3.05) is 6.61 Å². The minimum absolute atomic E-state index is 0.123. The molecule has 1 atom stereocenters. The number of hydrogen-bond donors (Lipinski definition) is 1. The summed E-state index contributed by atoms with van der Waals surface area (Å²) in [6.45, 7) is 7.41. The van der Waals surface area contributed by atoms with Crippen molar-refractivity contribution in [3.8, 4) is 17.0 Å². The van der Waals surface area contributed by atoms with Crippen LogP contribution >= 0.6 is 0 Å². The molecule has 1 aromatic heterocycles. The number of halogens is 1. The van der Waals surface area contributed by atoms with Gasteiger partial charge in [0, 0.05) is 17.7 Å². The Hall–Kier alpha value is -3.93. The minimum atomic E-state index is -0.336. The first-order chi connectivity index (χ1) is 17.4. The lowest BCUT2D eigenvalue weighted by molar-refractivity contribution is 0.0730. The molecule has 0 saturated carbocycles. The number of benzene rings is 3. The van der Waals surface area contributed by atoms with Crippen molar-refractivity contribution in [3.63, 3.8) is 0 Å². The molecule has 0 aliphatic carbocycles. The van der Waals surface area contributed by atoms with Gasteiger partial charge in [0.25, 0.3) is 5.91 Å². The fourth-order valence-corrected chi connectivity index (χ4v) is 4.58. The Morgan fingerprint density at radius 3 is 2.36 bits per heavy atom. The van der Waals surface area contributed by atoms with Crippen LogP contribution in [0.2, 0.25) is 0 Å². The Morgan fingerprint density at radius 2 is 1.69 bits per heavy atom. The second-order valence-electron chi connectivity index (χ2n) is 9.79. The maximum atomic E-state index is 13.6. The quantitative estimate of drug-likeness (QED) is 0.304. The van der Waals surface area contributed by atoms with Crippen LogP contribution < -0.4 is 4.74 Å². The van der Waals surface area contributed by atoms with E-state index in [0.717, 1.165) is 45.7 Å². The molecule has 0 bridgehead atoms. The summed E-state index contributed by atoms with van der Waals surface area (Å²) in [7, 11) is 0. The SMILES string of the molecule is Cc1ccc(-c2n[nH]c3c2C(c2ccc(OCCC(C)C)cc2)N(Cc2ccc(F)cc2)C3=O)cc1. The van der Waals surface area contributed by atoms with Crippen molar-refractivity contribution < 1.29 is 13.9 Å². The Bertz CT molecular complexity index is 1340. The lowest BCUT2D eigenvalue weighted by Crippen LogP contribution is -2.29. The minimum Gasteiger partial charge on any atom is -0.494 e. The normalized spacial score (nSPS) is 15.0. The number of aromatic amines is 1. The predicted octanol–water partition coefficient (Wildman–Crippen LogP) is 6.69. The molecule has 0 spiro atoms. The number of fused-ring (bicyclic) bond motifs is 1. The number of amides is 1. The Morgan fingerprint density at radius 1 is 1.00 bits per heavy atom. The van der Waals surface area contributed by atoms with Crippen LogP contribution in [0.1, 0.15) is 59.1 Å². The van der Waals surface area contributed by atoms with E-state index in [0.29, 0.717) is 24.8 Å². The Kier molecular flexibility index (Phi) is 6.59. The highest BCUT2D eigenvalue weighted by molar-refractivity contribution is 6.00. The molecule has 5 rings (SSSR count). The Balaban J connectivity index is 1.52. The number of H-pyrrole nitrogens is 1. The lowest BCUT2D eigenvalue weighted by Gasteiger charge is -2.26. The highest BCUT2D eigenvalue weighted by Crippen LogP contribution is 2.43. The number of aromatic nitrogens is 2. The number of aryl methyl sites for hydroxylation is 1. The number of nitrogens with one attached hydrogen (secondary N) is 1. The largest absolute Gasteiger partial charge is 0.494 e. The molecule has 184 valence electrons. The van der Waals surface area contributed by atoms with Gasteiger partial charge in [-0.3, -0.25) is 9.89 Å². The monoisotopic (exact) mass is 483 g/mol. The van der Waals surface area contributed by atoms with Crippen molar-refractivity contribution >= 4 is 5.91 Å². The van der Waals surface area contributed by atoms with Gasteiger partial charge in [-0.05, 0) is 54.7 Å². The van der Waals surface area contributed by atoms with Crippen LogP contribution in [0, 0.1) is 18.7 Å². The van der Waals surface area contributed by atoms with Gasteiger partial charge in [0.15, 0.2) is 0 Å². The number of nitrogens with zero attached hydrogens (tertiary/aromatic N) is 2. The number of ether oxygens (including phenoxy) is 1. The van der Waals surface area contributed by atoms with E-state index in [1.54, 1.807) is 12.1 Å². The third kappa shape index (κ3) is 4.76. The fourth-order valence-electron chi connectivity index (χ4n) is 4.58. The third-order valence-electron chi connectivity index (χ3n) is 6.61. The van der Waals surface area contributed by atoms with Crippen LogP contribution in [0.3, 0.4) is 0 Å². The van der Waals surface area contributed by atoms with Gasteiger partial charge in [-0.25, -0.2) is 4.39 Å². The molecule has 0 saturated heterocycles. The molecule has 1 aliphatic heterocycles. The predicted molar refractivity (Wildman–Crippen MR) is 138 cm³/mol. The maximum absolute atomic E-state index is 13.6. The molecular formula is C30H30FN3O2. The van der Waals surface area contributed by atoms with Crippen molar-refractivity contribution in [3.05, 3.63) is 107 Å². The first-order valence-electron chi connectivity index (χ1n) is 12.3. The molecule has 0 fully saturated rings. The molecule has 36 heavy (non-hydrogen) atoms. The van der Waals surface area contributed by atoms with Crippen molar-refractivity contribution in [2.45, 2.75) is 39.8 Å². The van der Waals surface area contributed by atoms with Crippen LogP contribution in [0.5, 0.6) is 5.75 Å². The summed E-state index contributed by atoms with van der Waals surface area (Å²) in [5.74, 6) is 0.961. The highest BCUT2D eigenvalue weighted by atomic mass is 19.1. The Labute approximate surface area is 210 Å². The van der Waals surface area contributed by atoms with E-state index in [-0.39, 0.29) is 17.8 Å². The van der Waals surface area contributed by atoms with Gasteiger partial charge >= 0.3 is 0 Å². The molecule has 1 aliphatic rings. The summed E-state index contributed by atoms with van der Waals surface area (Å²) < 4.78 is 19.4. The molecule has 3 aromatic carbocycles. The molecule has 5 nitrogen and oxygen atoms in total. The average molecular weight is 484 g/mol. The van der Waals surface area contributed by atoms with E-state index in [1.165, 1.54) is 12.1 Å². The molecule has 0 radical (unpaired) electrons. The van der Waals surface area contributed by atoms with Crippen molar-refractivity contribution in [1.82, 2.24) is 15.1 Å². The summed E-state index contributed by atoms with van der Waals surface area (Å²) in [4.78, 5) is 15.4. The standard InChI is InChI=1S/C30H30FN3O2/c1-19(2)16-17-36-25-14-10-23(11-15-25)29-26-27(22-8-4-20(3)5-9-22)32-33-28(26)30(35)34(29)18-21-6-12-24(31)13-7-21/h4-15,19,29H,16-18H2,1-3H3,(H,32,33). The van der Waals surface area contributed by atoms with Gasteiger partial charge in [0.2, 0.25) is 0 Å². The maximum Gasteiger partial charge on any atom is 0.273 e. The molecule has 1 N–H and O–H groups in total. The molecule has 1 unspecified atom stereocenters. The van der Waals surface area contributed by atoms with E-state index < -0.39 is 0 Å². The van der Waals surface area contributed by atoms with Crippen LogP contribution in [0.15, 0.2) is 72.8 Å². The van der Waals surface area contributed by atoms with Gasteiger partial charge < -0.3 is 9.64 Å². The topological polar surface area (TPSA) is 58.2 Å². The highest BCUT2D eigenvalue weighted by Gasteiger charge is 2.42. The van der Waals surface area contributed by atoms with E-state index in [9.17, 15) is 9.18 Å². The molecule has 2 heterocycles. The number of rotatable bonds is 8. The second-order valence-corrected chi connectivity index (χ2v) is 9.79. The lowest BCUT2D eigenvalue weighted by atomic mass is 9.95. The summed E-state index contributed by atoms with van der Waals surface area (Å²) in [5, 5.41) is 7.54. The summed E-state index contributed by atoms with van der Waals surface area (Å²) in [6.07, 6.45) is 0.989. The van der Waals surface area contributed by atoms with E-state index >= 15 is 0 Å². The van der Waals surface area contributed by atoms with Gasteiger partial charge in [0.05, 0.1) is 18.3 Å². The van der Waals surface area contributed by atoms with Gasteiger partial charge in [-0.2, -0.15) is 5.10 Å². The summed E-state index contributed by atoms with van der Waals surface area (Å²) >= 11 is 0. The van der Waals surface area contributed by atoms with Gasteiger partial charge in [-0.1, -0.05) is 67.9 Å². The van der Waals surface area contributed by atoms with E-state index in [1.807, 2.05) is 60.4 Å². The molecular weight excluding hydrogens is 453 g/mol. The number of carbonyl (C=O) groups is 1. The van der Waals surface area contributed by atoms with Crippen molar-refractivity contribution in [2.24, 2.45) is 5.92 Å². The first kappa shape index (κ1) is 23.8. The zero-order chi connectivity index (χ0) is 25.2. The van der Waals surface area contributed by atoms with Crippen LogP contribution in [0.25, 0.3) is 11.3 Å². The van der Waals surface area contributed by atoms with E-state index in [4.69, 9.17) is 4.74 Å². The molecule has 6 heteroatoms. The fraction of sp³-hybridized carbons (Fsp3) is 0.267. The average Bonchev–Trinajstić information content (AvgIpc) is 3.40. The van der Waals surface area contributed by atoms with Crippen LogP contribution in [-0.4, -0.2) is 27.6 Å². The molecule has 1 amide bonds. The number of carbonyl (C=O) groups excluding carboxylic acids is 1. The molecule has 4 aromatic rings. The van der Waals surface area contributed by atoms with Gasteiger partial charge in [0.1, 0.15) is 17.3 Å². The first-order valence-corrected chi connectivity index (χ1v) is 12.3. The smallest absolute Gasteiger partial charge is 0.273 e. The summed E-state index contributed by atoms with van der Waals surface area (Å²) in [6, 6.07) is 22.0. The van der Waals surface area contributed by atoms with E-state index in [2.05, 4.69) is 24.0 Å².